The van der Waals surface area contributed by atoms with Crippen LogP contribution in [0.5, 0.6) is 5.75 Å². The summed E-state index contributed by atoms with van der Waals surface area (Å²) in [4.78, 5) is 14.1. The second-order valence-electron chi connectivity index (χ2n) is 11.2. The van der Waals surface area contributed by atoms with E-state index in [-0.39, 0.29) is 17.8 Å². The molecule has 0 bridgehead atoms. The topological polar surface area (TPSA) is 50.8 Å². The van der Waals surface area contributed by atoms with Crippen molar-refractivity contribution in [3.05, 3.63) is 94.8 Å². The summed E-state index contributed by atoms with van der Waals surface area (Å²) in [5, 5.41) is 2.86. The number of morpholine rings is 1. The van der Waals surface area contributed by atoms with Gasteiger partial charge in [0.25, 0.3) is 0 Å². The zero-order chi connectivity index (χ0) is 32.3. The van der Waals surface area contributed by atoms with E-state index in [1.807, 2.05) is 51.2 Å². The molecule has 0 aromatic heterocycles. The lowest BCUT2D eigenvalue weighted by molar-refractivity contribution is -0.120. The number of rotatable bonds is 7. The van der Waals surface area contributed by atoms with Crippen molar-refractivity contribution in [1.29, 1.82) is 0 Å². The number of likely N-dealkylation sites (N-methyl/N-ethyl adjacent to an activating group) is 1. The first kappa shape index (κ1) is 37.0. The van der Waals surface area contributed by atoms with E-state index in [4.69, 9.17) is 9.47 Å². The van der Waals surface area contributed by atoms with Crippen molar-refractivity contribution in [2.24, 2.45) is 0 Å². The van der Waals surface area contributed by atoms with Crippen LogP contribution in [0.2, 0.25) is 0 Å². The molecule has 242 valence electrons. The van der Waals surface area contributed by atoms with Crippen molar-refractivity contribution >= 4 is 11.6 Å². The van der Waals surface area contributed by atoms with Gasteiger partial charge in [0.05, 0.1) is 26.2 Å². The molecule has 5 rings (SSSR count). The van der Waals surface area contributed by atoms with E-state index in [9.17, 15) is 9.18 Å². The molecule has 1 aliphatic heterocycles. The van der Waals surface area contributed by atoms with Gasteiger partial charge < -0.3 is 19.7 Å². The number of nitrogens with one attached hydrogen (secondary N) is 1. The Bertz CT molecular complexity index is 1230. The Morgan fingerprint density at radius 3 is 2.30 bits per heavy atom. The number of nitrogens with zero attached hydrogens (tertiary/aromatic N) is 1. The number of amides is 1. The van der Waals surface area contributed by atoms with Crippen LogP contribution in [0.1, 0.15) is 94.9 Å². The zero-order valence-corrected chi connectivity index (χ0v) is 28.1. The summed E-state index contributed by atoms with van der Waals surface area (Å²) in [6, 6.07) is 21.3. The van der Waals surface area contributed by atoms with Crippen LogP contribution in [0.15, 0.2) is 66.7 Å². The van der Waals surface area contributed by atoms with Crippen LogP contribution >= 0.6 is 0 Å². The zero-order valence-electron chi connectivity index (χ0n) is 28.1. The molecule has 1 heterocycles. The summed E-state index contributed by atoms with van der Waals surface area (Å²) in [7, 11) is 3.65. The molecule has 44 heavy (non-hydrogen) atoms. The predicted molar refractivity (Wildman–Crippen MR) is 182 cm³/mol. The lowest BCUT2D eigenvalue weighted by Crippen LogP contribution is -2.41. The molecule has 0 radical (unpaired) electrons. The van der Waals surface area contributed by atoms with Gasteiger partial charge in [-0.05, 0) is 90.9 Å². The highest BCUT2D eigenvalue weighted by molar-refractivity contribution is 5.91. The normalized spacial score (nSPS) is 17.0. The third-order valence-electron chi connectivity index (χ3n) is 7.78. The van der Waals surface area contributed by atoms with Crippen LogP contribution in [0.3, 0.4) is 0 Å². The number of benzene rings is 3. The fraction of sp³-hybridized carbons (Fsp3) is 0.500. The predicted octanol–water partition coefficient (Wildman–Crippen LogP) is 9.04. The second kappa shape index (κ2) is 20.7. The first-order chi connectivity index (χ1) is 21.4. The molecule has 2 aliphatic rings. The van der Waals surface area contributed by atoms with Gasteiger partial charge in [0.1, 0.15) is 11.6 Å². The second-order valence-corrected chi connectivity index (χ2v) is 11.2. The molecule has 3 aromatic rings. The maximum absolute atomic E-state index is 13.5. The van der Waals surface area contributed by atoms with Crippen LogP contribution in [0, 0.1) is 5.82 Å². The fourth-order valence-electron chi connectivity index (χ4n) is 5.32. The fourth-order valence-corrected chi connectivity index (χ4v) is 5.32. The minimum absolute atomic E-state index is 0.0167. The smallest absolute Gasteiger partial charge is 0.227 e. The van der Waals surface area contributed by atoms with E-state index < -0.39 is 0 Å². The van der Waals surface area contributed by atoms with E-state index in [1.54, 1.807) is 19.2 Å². The largest absolute Gasteiger partial charge is 0.497 e. The molecule has 1 aliphatic carbocycles. The Morgan fingerprint density at radius 1 is 0.955 bits per heavy atom. The molecule has 3 aromatic carbocycles. The van der Waals surface area contributed by atoms with E-state index in [2.05, 4.69) is 55.3 Å². The lowest BCUT2D eigenvalue weighted by Gasteiger charge is -2.29. The van der Waals surface area contributed by atoms with Gasteiger partial charge in [-0.1, -0.05) is 84.2 Å². The van der Waals surface area contributed by atoms with Gasteiger partial charge in [-0.2, -0.15) is 0 Å². The summed E-state index contributed by atoms with van der Waals surface area (Å²) in [6.45, 7) is 13.0. The number of halogens is 1. The SMILES string of the molecule is CC.CCCC.CCC[C@H]1Cc2cc(F)ccc2Cc2ccccc21.COc1ccc(NC(=O)CC2CN(C)CCO2)cc1. The van der Waals surface area contributed by atoms with Crippen molar-refractivity contribution in [3.8, 4) is 5.75 Å². The van der Waals surface area contributed by atoms with Gasteiger partial charge in [0.2, 0.25) is 5.91 Å². The lowest BCUT2D eigenvalue weighted by atomic mass is 9.88. The Hall–Kier alpha value is -3.22. The number of hydrogen-bond donors (Lipinski definition) is 1. The average Bonchev–Trinajstić information content (AvgIpc) is 3.19. The Kier molecular flexibility index (Phi) is 17.4. The summed E-state index contributed by atoms with van der Waals surface area (Å²) in [5.74, 6) is 1.17. The van der Waals surface area contributed by atoms with Crippen molar-refractivity contribution in [2.75, 3.05) is 39.2 Å². The number of carbonyl (C=O) groups is 1. The van der Waals surface area contributed by atoms with Crippen LogP contribution in [-0.2, 0) is 22.4 Å². The van der Waals surface area contributed by atoms with Crippen LogP contribution in [0.4, 0.5) is 10.1 Å². The van der Waals surface area contributed by atoms with Gasteiger partial charge >= 0.3 is 0 Å². The molecular formula is C38H55FN2O3. The number of methoxy groups -OCH3 is 1. The van der Waals surface area contributed by atoms with E-state index in [0.29, 0.717) is 18.9 Å². The maximum Gasteiger partial charge on any atom is 0.227 e. The van der Waals surface area contributed by atoms with Gasteiger partial charge in [-0.3, -0.25) is 4.79 Å². The van der Waals surface area contributed by atoms with E-state index in [1.165, 1.54) is 47.9 Å². The standard InChI is InChI=1S/C18H19F.C14H20N2O3.C4H10.C2H6/c1-2-5-14-11-16-12-17(19)9-8-13(16)10-15-6-3-4-7-18(14)15;1-16-7-8-19-13(10-16)9-14(17)15-11-3-5-12(18-2)6-4-11;1-3-4-2;1-2/h3-4,6-9,12,14H,2,5,10-11H2,1H3;3-6,13H,7-10H2,1-2H3,(H,15,17);3-4H2,1-2H3;1-2H3/t14-;;;/m0.../s1. The van der Waals surface area contributed by atoms with Crippen molar-refractivity contribution < 1.29 is 18.7 Å². The highest BCUT2D eigenvalue weighted by Gasteiger charge is 2.22. The van der Waals surface area contributed by atoms with Crippen molar-refractivity contribution in [3.63, 3.8) is 0 Å². The van der Waals surface area contributed by atoms with Gasteiger partial charge in [0.15, 0.2) is 0 Å². The van der Waals surface area contributed by atoms with Crippen LogP contribution in [-0.4, -0.2) is 50.8 Å². The summed E-state index contributed by atoms with van der Waals surface area (Å²) >= 11 is 0. The quantitative estimate of drug-likeness (QED) is 0.292. The summed E-state index contributed by atoms with van der Waals surface area (Å²) in [5.41, 5.74) is 6.12. The Morgan fingerprint density at radius 2 is 1.66 bits per heavy atom. The van der Waals surface area contributed by atoms with E-state index in [0.717, 1.165) is 37.4 Å². The minimum atomic E-state index is -0.111. The highest BCUT2D eigenvalue weighted by atomic mass is 19.1. The number of fused-ring (bicyclic) bond motifs is 2. The van der Waals surface area contributed by atoms with E-state index >= 15 is 0 Å². The molecule has 0 saturated carbocycles. The third kappa shape index (κ3) is 12.4. The van der Waals surface area contributed by atoms with Crippen molar-refractivity contribution in [2.45, 2.75) is 91.6 Å². The molecule has 1 fully saturated rings. The van der Waals surface area contributed by atoms with Crippen molar-refractivity contribution in [1.82, 2.24) is 4.90 Å². The molecule has 1 unspecified atom stereocenters. The maximum atomic E-state index is 13.5. The molecule has 1 N–H and O–H groups in total. The van der Waals surface area contributed by atoms with Gasteiger partial charge in [0, 0.05) is 18.8 Å². The number of ether oxygens (including phenoxy) is 2. The number of anilines is 1. The molecular weight excluding hydrogens is 551 g/mol. The Labute approximate surface area is 266 Å². The summed E-state index contributed by atoms with van der Waals surface area (Å²) in [6.07, 6.45) is 7.26. The molecule has 1 saturated heterocycles. The molecule has 5 nitrogen and oxygen atoms in total. The number of carbonyl (C=O) groups excluding carboxylic acids is 1. The summed E-state index contributed by atoms with van der Waals surface area (Å²) < 4.78 is 24.1. The Balaban J connectivity index is 0.000000261. The molecule has 0 spiro atoms. The monoisotopic (exact) mass is 606 g/mol. The van der Waals surface area contributed by atoms with Gasteiger partial charge in [-0.25, -0.2) is 4.39 Å². The average molecular weight is 607 g/mol. The molecule has 6 heteroatoms. The minimum Gasteiger partial charge on any atom is -0.497 e. The first-order valence-corrected chi connectivity index (χ1v) is 16.5. The molecule has 1 amide bonds. The highest BCUT2D eigenvalue weighted by Crippen LogP contribution is 2.34. The van der Waals surface area contributed by atoms with Crippen LogP contribution < -0.4 is 10.1 Å². The van der Waals surface area contributed by atoms with Crippen LogP contribution in [0.25, 0.3) is 0 Å². The number of unbranched alkanes of at least 4 members (excludes halogenated alkanes) is 1. The van der Waals surface area contributed by atoms with Gasteiger partial charge in [-0.15, -0.1) is 0 Å². The first-order valence-electron chi connectivity index (χ1n) is 16.5. The third-order valence-corrected chi connectivity index (χ3v) is 7.78. The molecule has 2 atom stereocenters. The number of hydrogen-bond acceptors (Lipinski definition) is 4.